The third-order valence-corrected chi connectivity index (χ3v) is 3.14. The molecular weight excluding hydrogens is 244 g/mol. The van der Waals surface area contributed by atoms with E-state index in [1.54, 1.807) is 19.4 Å². The topological polar surface area (TPSA) is 100.0 Å². The zero-order valence-electron chi connectivity index (χ0n) is 8.94. The highest BCUT2D eigenvalue weighted by Gasteiger charge is 2.09. The Bertz CT molecular complexity index is 697. The smallest absolute Gasteiger partial charge is 0.302 e. The molecule has 0 bridgehead atoms. The summed E-state index contributed by atoms with van der Waals surface area (Å²) in [5.74, 6) is 0.336. The lowest BCUT2D eigenvalue weighted by atomic mass is 10.4. The molecule has 0 aliphatic carbocycles. The van der Waals surface area contributed by atoms with Crippen LogP contribution < -0.4 is 10.8 Å². The van der Waals surface area contributed by atoms with Crippen LogP contribution >= 0.6 is 0 Å². The summed E-state index contributed by atoms with van der Waals surface area (Å²) in [5.41, 5.74) is -0.263. The van der Waals surface area contributed by atoms with Crippen molar-refractivity contribution in [2.24, 2.45) is 12.2 Å². The van der Waals surface area contributed by atoms with Crippen LogP contribution in [-0.2, 0) is 17.1 Å². The van der Waals surface area contributed by atoms with Crippen LogP contribution in [0.2, 0.25) is 0 Å². The van der Waals surface area contributed by atoms with Gasteiger partial charge < -0.3 is 4.57 Å². The number of pyridine rings is 1. The monoisotopic (exact) mass is 254 g/mol. The Labute approximate surface area is 97.2 Å². The van der Waals surface area contributed by atoms with Gasteiger partial charge in [-0.15, -0.1) is 0 Å². The van der Waals surface area contributed by atoms with Gasteiger partial charge in [0.05, 0.1) is 0 Å². The van der Waals surface area contributed by atoms with E-state index in [9.17, 15) is 13.2 Å². The summed E-state index contributed by atoms with van der Waals surface area (Å²) in [6.07, 6.45) is 4.24. The molecule has 0 aromatic carbocycles. The maximum absolute atomic E-state index is 11.6. The van der Waals surface area contributed by atoms with Gasteiger partial charge in [-0.1, -0.05) is 0 Å². The second-order valence-corrected chi connectivity index (χ2v) is 5.02. The SMILES string of the molecule is Cn1ccn(-c2ccc(S(N)(=O)=O)cn2)c1=O. The van der Waals surface area contributed by atoms with Crippen LogP contribution in [0.1, 0.15) is 0 Å². The van der Waals surface area contributed by atoms with Gasteiger partial charge in [-0.25, -0.2) is 23.3 Å². The first kappa shape index (κ1) is 11.6. The zero-order valence-corrected chi connectivity index (χ0v) is 9.76. The quantitative estimate of drug-likeness (QED) is 0.759. The van der Waals surface area contributed by atoms with Crippen molar-refractivity contribution in [1.82, 2.24) is 14.1 Å². The first-order chi connectivity index (χ1) is 7.89. The number of nitrogens with two attached hydrogens (primary N) is 1. The first-order valence-electron chi connectivity index (χ1n) is 4.63. The van der Waals surface area contributed by atoms with Crippen LogP contribution in [0.4, 0.5) is 0 Å². The number of imidazole rings is 1. The molecule has 17 heavy (non-hydrogen) atoms. The van der Waals surface area contributed by atoms with Gasteiger partial charge in [0.15, 0.2) is 0 Å². The van der Waals surface area contributed by atoms with E-state index < -0.39 is 10.0 Å². The highest BCUT2D eigenvalue weighted by Crippen LogP contribution is 2.07. The molecule has 8 heteroatoms. The molecule has 2 aromatic rings. The summed E-state index contributed by atoms with van der Waals surface area (Å²) in [7, 11) is -2.15. The van der Waals surface area contributed by atoms with Gasteiger partial charge in [-0.2, -0.15) is 0 Å². The molecule has 0 amide bonds. The number of hydrogen-bond acceptors (Lipinski definition) is 4. The van der Waals surface area contributed by atoms with Crippen LogP contribution in [0.25, 0.3) is 5.82 Å². The lowest BCUT2D eigenvalue weighted by molar-refractivity contribution is 0.597. The molecule has 0 radical (unpaired) electrons. The molecule has 0 spiro atoms. The van der Waals surface area contributed by atoms with Crippen LogP contribution in [0.3, 0.4) is 0 Å². The first-order valence-corrected chi connectivity index (χ1v) is 6.17. The van der Waals surface area contributed by atoms with Gasteiger partial charge in [0.1, 0.15) is 10.7 Å². The maximum atomic E-state index is 11.6. The summed E-state index contributed by atoms with van der Waals surface area (Å²) < 4.78 is 24.7. The Kier molecular flexibility index (Phi) is 2.60. The summed E-state index contributed by atoms with van der Waals surface area (Å²) >= 11 is 0. The molecule has 2 aromatic heterocycles. The van der Waals surface area contributed by atoms with E-state index in [-0.39, 0.29) is 10.6 Å². The fourth-order valence-corrected chi connectivity index (χ4v) is 1.78. The number of nitrogens with zero attached hydrogens (tertiary/aromatic N) is 3. The molecular formula is C9H10N4O3S. The summed E-state index contributed by atoms with van der Waals surface area (Å²) in [6.45, 7) is 0. The summed E-state index contributed by atoms with van der Waals surface area (Å²) in [6, 6.07) is 2.72. The third kappa shape index (κ3) is 2.12. The van der Waals surface area contributed by atoms with Crippen LogP contribution in [0.15, 0.2) is 40.4 Å². The predicted molar refractivity (Wildman–Crippen MR) is 60.2 cm³/mol. The van der Waals surface area contributed by atoms with Gasteiger partial charge in [-0.3, -0.25) is 4.57 Å². The van der Waals surface area contributed by atoms with Crippen LogP contribution in [-0.4, -0.2) is 22.5 Å². The van der Waals surface area contributed by atoms with Crippen molar-refractivity contribution < 1.29 is 8.42 Å². The van der Waals surface area contributed by atoms with Crippen molar-refractivity contribution in [3.8, 4) is 5.82 Å². The number of aryl methyl sites for hydroxylation is 1. The molecule has 0 unspecified atom stereocenters. The van der Waals surface area contributed by atoms with E-state index in [1.807, 2.05) is 0 Å². The Morgan fingerprint density at radius 2 is 2.00 bits per heavy atom. The molecule has 2 heterocycles. The zero-order chi connectivity index (χ0) is 12.6. The minimum absolute atomic E-state index is 0.0924. The number of sulfonamides is 1. The van der Waals surface area contributed by atoms with E-state index in [0.717, 1.165) is 6.20 Å². The van der Waals surface area contributed by atoms with Gasteiger partial charge in [-0.05, 0) is 12.1 Å². The van der Waals surface area contributed by atoms with Crippen molar-refractivity contribution >= 4 is 10.0 Å². The van der Waals surface area contributed by atoms with E-state index in [2.05, 4.69) is 4.98 Å². The average Bonchev–Trinajstić information content (AvgIpc) is 2.59. The molecule has 2 N–H and O–H groups in total. The fourth-order valence-electron chi connectivity index (χ4n) is 1.32. The van der Waals surface area contributed by atoms with Gasteiger partial charge in [0, 0.05) is 25.6 Å². The second kappa shape index (κ2) is 3.82. The summed E-state index contributed by atoms with van der Waals surface area (Å²) in [5, 5.41) is 4.94. The van der Waals surface area contributed by atoms with Crippen molar-refractivity contribution in [2.45, 2.75) is 4.90 Å². The molecule has 0 saturated carbocycles. The van der Waals surface area contributed by atoms with Crippen molar-refractivity contribution in [3.05, 3.63) is 41.2 Å². The van der Waals surface area contributed by atoms with Crippen molar-refractivity contribution in [1.29, 1.82) is 0 Å². The predicted octanol–water partition coefficient (Wildman–Crippen LogP) is -0.782. The largest absolute Gasteiger partial charge is 0.333 e. The lowest BCUT2D eigenvalue weighted by Crippen LogP contribution is -2.21. The maximum Gasteiger partial charge on any atom is 0.333 e. The van der Waals surface area contributed by atoms with Crippen LogP contribution in [0, 0.1) is 0 Å². The molecule has 2 rings (SSSR count). The normalized spacial score (nSPS) is 11.6. The molecule has 0 fully saturated rings. The van der Waals surface area contributed by atoms with E-state index in [4.69, 9.17) is 5.14 Å². The van der Waals surface area contributed by atoms with E-state index in [0.29, 0.717) is 5.82 Å². The molecule has 0 aliphatic heterocycles. The van der Waals surface area contributed by atoms with Crippen molar-refractivity contribution in [2.75, 3.05) is 0 Å². The van der Waals surface area contributed by atoms with Gasteiger partial charge in [0.25, 0.3) is 0 Å². The Balaban J connectivity index is 2.50. The van der Waals surface area contributed by atoms with Crippen molar-refractivity contribution in [3.63, 3.8) is 0 Å². The van der Waals surface area contributed by atoms with Gasteiger partial charge >= 0.3 is 5.69 Å². The molecule has 0 saturated heterocycles. The molecule has 0 aliphatic rings. The standard InChI is InChI=1S/C9H10N4O3S/c1-12-4-5-13(9(12)14)8-3-2-7(6-11-8)17(10,15)16/h2-6H,1H3,(H2,10,15,16). The molecule has 90 valence electrons. The number of hydrogen-bond donors (Lipinski definition) is 1. The number of primary sulfonamides is 1. The summed E-state index contributed by atoms with van der Waals surface area (Å²) in [4.78, 5) is 15.4. The minimum atomic E-state index is -3.76. The molecule has 7 nitrogen and oxygen atoms in total. The van der Waals surface area contributed by atoms with E-state index in [1.165, 1.54) is 21.3 Å². The Morgan fingerprint density at radius 3 is 2.41 bits per heavy atom. The minimum Gasteiger partial charge on any atom is -0.302 e. The lowest BCUT2D eigenvalue weighted by Gasteiger charge is -2.01. The van der Waals surface area contributed by atoms with Gasteiger partial charge in [0.2, 0.25) is 10.0 Å². The Morgan fingerprint density at radius 1 is 1.29 bits per heavy atom. The highest BCUT2D eigenvalue weighted by atomic mass is 32.2. The molecule has 0 atom stereocenters. The van der Waals surface area contributed by atoms with E-state index >= 15 is 0 Å². The second-order valence-electron chi connectivity index (χ2n) is 3.46. The highest BCUT2D eigenvalue weighted by molar-refractivity contribution is 7.89. The Hall–Kier alpha value is -1.93. The number of rotatable bonds is 2. The third-order valence-electron chi connectivity index (χ3n) is 2.24. The number of aromatic nitrogens is 3. The average molecular weight is 254 g/mol. The fraction of sp³-hybridized carbons (Fsp3) is 0.111. The van der Waals surface area contributed by atoms with Crippen LogP contribution in [0.5, 0.6) is 0 Å².